The molecule has 7 nitrogen and oxygen atoms in total. The van der Waals surface area contributed by atoms with E-state index < -0.39 is 4.92 Å². The van der Waals surface area contributed by atoms with E-state index in [-0.39, 0.29) is 11.6 Å². The topological polar surface area (TPSA) is 84.7 Å². The third kappa shape index (κ3) is 9.62. The summed E-state index contributed by atoms with van der Waals surface area (Å²) in [5, 5.41) is 10.6. The molecule has 0 atom stereocenters. The Morgan fingerprint density at radius 1 is 1.13 bits per heavy atom. The van der Waals surface area contributed by atoms with Gasteiger partial charge >= 0.3 is 0 Å². The number of benzene rings is 2. The van der Waals surface area contributed by atoms with Gasteiger partial charge in [-0.25, -0.2) is 4.72 Å². The zero-order chi connectivity index (χ0) is 21.6. The lowest BCUT2D eigenvalue weighted by Gasteiger charge is -2.26. The van der Waals surface area contributed by atoms with Crippen molar-refractivity contribution in [2.24, 2.45) is 0 Å². The van der Waals surface area contributed by atoms with Crippen molar-refractivity contribution in [3.8, 4) is 0 Å². The van der Waals surface area contributed by atoms with Crippen molar-refractivity contribution < 1.29 is 14.5 Å². The van der Waals surface area contributed by atoms with Gasteiger partial charge in [-0.1, -0.05) is 35.9 Å². The van der Waals surface area contributed by atoms with Crippen molar-refractivity contribution >= 4 is 35.3 Å². The highest BCUT2D eigenvalue weighted by Gasteiger charge is 2.15. The molecule has 1 amide bonds. The van der Waals surface area contributed by atoms with Crippen LogP contribution < -0.4 is 4.72 Å². The first-order chi connectivity index (χ1) is 14.6. The number of aryl methyl sites for hydroxylation is 1. The molecule has 1 N–H and O–H groups in total. The Morgan fingerprint density at radius 3 is 2.37 bits per heavy atom. The monoisotopic (exact) mass is 449 g/mol. The molecule has 0 radical (unpaired) electrons. The lowest BCUT2D eigenvalue weighted by molar-refractivity contribution is -0.384. The standard InChI is InChI=1S/C14H19N3O4S2.C7H8/c18-14(16-6-8-21-9-7-16)5-10-22-11-15-23-13-3-1-12(2-4-13)17(19)20;1-7-5-3-2-4-6-7/h1-4,15H,5-11H2;2-6H,1H3. The predicted octanol–water partition coefficient (Wildman–Crippen LogP) is 4.13. The molecule has 162 valence electrons. The Morgan fingerprint density at radius 2 is 1.80 bits per heavy atom. The van der Waals surface area contributed by atoms with E-state index in [9.17, 15) is 14.9 Å². The fraction of sp³-hybridized carbons (Fsp3) is 0.381. The van der Waals surface area contributed by atoms with Crippen LogP contribution in [0.5, 0.6) is 0 Å². The molecule has 2 aromatic rings. The number of nitrogens with one attached hydrogen (secondary N) is 1. The lowest BCUT2D eigenvalue weighted by Crippen LogP contribution is -2.40. The molecule has 1 fully saturated rings. The molecule has 0 aliphatic carbocycles. The third-order valence-electron chi connectivity index (χ3n) is 4.16. The highest BCUT2D eigenvalue weighted by molar-refractivity contribution is 8.01. The smallest absolute Gasteiger partial charge is 0.269 e. The van der Waals surface area contributed by atoms with Crippen LogP contribution in [0.25, 0.3) is 0 Å². The molecule has 2 aromatic carbocycles. The van der Waals surface area contributed by atoms with E-state index in [0.717, 1.165) is 10.6 Å². The van der Waals surface area contributed by atoms with Gasteiger partial charge in [-0.3, -0.25) is 14.9 Å². The summed E-state index contributed by atoms with van der Waals surface area (Å²) in [7, 11) is 0. The van der Waals surface area contributed by atoms with E-state index in [0.29, 0.717) is 38.6 Å². The number of amides is 1. The average molecular weight is 450 g/mol. The number of nitro groups is 1. The minimum Gasteiger partial charge on any atom is -0.378 e. The first kappa shape index (κ1) is 24.2. The molecule has 0 spiro atoms. The van der Waals surface area contributed by atoms with Gasteiger partial charge in [0, 0.05) is 42.3 Å². The van der Waals surface area contributed by atoms with E-state index >= 15 is 0 Å². The number of carbonyl (C=O) groups is 1. The Kier molecular flexibility index (Phi) is 11.3. The summed E-state index contributed by atoms with van der Waals surface area (Å²) in [6.07, 6.45) is 0.536. The first-order valence-corrected chi connectivity index (χ1v) is 11.6. The summed E-state index contributed by atoms with van der Waals surface area (Å²) >= 11 is 3.08. The fourth-order valence-electron chi connectivity index (χ4n) is 2.53. The zero-order valence-corrected chi connectivity index (χ0v) is 18.6. The van der Waals surface area contributed by atoms with Crippen molar-refractivity contribution in [1.82, 2.24) is 9.62 Å². The second-order valence-corrected chi connectivity index (χ2v) is 8.52. The molecular formula is C21H27N3O4S2. The maximum Gasteiger partial charge on any atom is 0.269 e. The van der Waals surface area contributed by atoms with Gasteiger partial charge in [0.25, 0.3) is 5.69 Å². The van der Waals surface area contributed by atoms with Crippen LogP contribution in [0.3, 0.4) is 0 Å². The predicted molar refractivity (Wildman–Crippen MR) is 123 cm³/mol. The second kappa shape index (κ2) is 14.0. The molecule has 0 bridgehead atoms. The van der Waals surface area contributed by atoms with E-state index in [1.807, 2.05) is 23.1 Å². The molecular weight excluding hydrogens is 422 g/mol. The Bertz CT molecular complexity index is 770. The van der Waals surface area contributed by atoms with Crippen LogP contribution in [0.2, 0.25) is 0 Å². The molecule has 1 aliphatic rings. The van der Waals surface area contributed by atoms with Gasteiger partial charge in [-0.05, 0) is 31.0 Å². The normalized spacial score (nSPS) is 13.3. The summed E-state index contributed by atoms with van der Waals surface area (Å²) < 4.78 is 8.39. The largest absolute Gasteiger partial charge is 0.378 e. The van der Waals surface area contributed by atoms with Crippen LogP contribution in [-0.4, -0.2) is 53.7 Å². The van der Waals surface area contributed by atoms with Crippen LogP contribution in [-0.2, 0) is 9.53 Å². The quantitative estimate of drug-likeness (QED) is 0.213. The highest BCUT2D eigenvalue weighted by Crippen LogP contribution is 2.19. The minimum atomic E-state index is -0.413. The molecule has 9 heteroatoms. The number of rotatable bonds is 8. The molecule has 1 saturated heterocycles. The summed E-state index contributed by atoms with van der Waals surface area (Å²) in [5.41, 5.74) is 1.41. The van der Waals surface area contributed by atoms with E-state index in [2.05, 4.69) is 23.8 Å². The van der Waals surface area contributed by atoms with Crippen molar-refractivity contribution in [3.63, 3.8) is 0 Å². The Hall–Kier alpha value is -2.07. The minimum absolute atomic E-state index is 0.0883. The van der Waals surface area contributed by atoms with Crippen LogP contribution in [0.4, 0.5) is 5.69 Å². The van der Waals surface area contributed by atoms with Crippen molar-refractivity contribution in [1.29, 1.82) is 0 Å². The van der Waals surface area contributed by atoms with Crippen LogP contribution >= 0.6 is 23.7 Å². The number of nitrogens with zero attached hydrogens (tertiary/aromatic N) is 2. The third-order valence-corrected chi connectivity index (χ3v) is 5.98. The number of ether oxygens (including phenoxy) is 1. The Labute approximate surface area is 185 Å². The van der Waals surface area contributed by atoms with Gasteiger partial charge in [0.1, 0.15) is 0 Å². The number of nitro benzene ring substituents is 1. The van der Waals surface area contributed by atoms with Gasteiger partial charge in [0.05, 0.1) is 24.0 Å². The van der Waals surface area contributed by atoms with E-state index in [1.54, 1.807) is 23.9 Å². The average Bonchev–Trinajstić information content (AvgIpc) is 2.78. The SMILES string of the molecule is Cc1ccccc1.O=C(CCSCNSc1ccc([N+](=O)[O-])cc1)N1CCOCC1. The molecule has 30 heavy (non-hydrogen) atoms. The maximum absolute atomic E-state index is 11.9. The van der Waals surface area contributed by atoms with Crippen molar-refractivity contribution in [3.05, 3.63) is 70.3 Å². The second-order valence-electron chi connectivity index (χ2n) is 6.45. The molecule has 0 unspecified atom stereocenters. The van der Waals surface area contributed by atoms with Crippen molar-refractivity contribution in [2.45, 2.75) is 18.2 Å². The fourth-order valence-corrected chi connectivity index (χ4v) is 4.00. The summed E-state index contributed by atoms with van der Waals surface area (Å²) in [4.78, 5) is 24.8. The van der Waals surface area contributed by atoms with E-state index in [1.165, 1.54) is 29.6 Å². The van der Waals surface area contributed by atoms with Crippen LogP contribution in [0.1, 0.15) is 12.0 Å². The number of hydrogen-bond acceptors (Lipinski definition) is 7. The number of hydrogen-bond donors (Lipinski definition) is 1. The van der Waals surface area contributed by atoms with Gasteiger partial charge in [0.15, 0.2) is 0 Å². The van der Waals surface area contributed by atoms with Gasteiger partial charge in [-0.15, -0.1) is 11.8 Å². The maximum atomic E-state index is 11.9. The highest BCUT2D eigenvalue weighted by atomic mass is 32.2. The molecule has 0 saturated carbocycles. The number of morpholine rings is 1. The first-order valence-electron chi connectivity index (χ1n) is 9.65. The zero-order valence-electron chi connectivity index (χ0n) is 17.0. The van der Waals surface area contributed by atoms with Gasteiger partial charge in [0.2, 0.25) is 5.91 Å². The molecule has 1 heterocycles. The number of non-ortho nitro benzene ring substituents is 1. The van der Waals surface area contributed by atoms with Crippen molar-refractivity contribution in [2.75, 3.05) is 37.9 Å². The van der Waals surface area contributed by atoms with Gasteiger partial charge in [-0.2, -0.15) is 0 Å². The lowest BCUT2D eigenvalue weighted by atomic mass is 10.2. The van der Waals surface area contributed by atoms with E-state index in [4.69, 9.17) is 4.74 Å². The molecule has 3 rings (SSSR count). The molecule has 1 aliphatic heterocycles. The summed E-state index contributed by atoms with van der Waals surface area (Å²) in [6, 6.07) is 16.7. The van der Waals surface area contributed by atoms with Gasteiger partial charge < -0.3 is 9.64 Å². The molecule has 0 aromatic heterocycles. The number of carbonyl (C=O) groups excluding carboxylic acids is 1. The van der Waals surface area contributed by atoms with Crippen LogP contribution in [0, 0.1) is 17.0 Å². The number of thioether (sulfide) groups is 1. The summed E-state index contributed by atoms with van der Waals surface area (Å²) in [6.45, 7) is 4.73. The van der Waals surface area contributed by atoms with Crippen LogP contribution in [0.15, 0.2) is 59.5 Å². The Balaban J connectivity index is 0.000000386. The summed E-state index contributed by atoms with van der Waals surface area (Å²) in [5.74, 6) is 1.66.